The van der Waals surface area contributed by atoms with Gasteiger partial charge in [-0.15, -0.1) is 0 Å². The van der Waals surface area contributed by atoms with Crippen LogP contribution in [0.2, 0.25) is 0 Å². The van der Waals surface area contributed by atoms with E-state index in [-0.39, 0.29) is 19.6 Å². The van der Waals surface area contributed by atoms with Gasteiger partial charge in [0.2, 0.25) is 0 Å². The zero-order chi connectivity index (χ0) is 17.1. The van der Waals surface area contributed by atoms with Gasteiger partial charge in [0.1, 0.15) is 12.7 Å². The molecule has 0 amide bonds. The molecule has 6 nitrogen and oxygen atoms in total. The van der Waals surface area contributed by atoms with E-state index in [1.165, 1.54) is 26.0 Å². The Morgan fingerprint density at radius 3 is 2.35 bits per heavy atom. The fourth-order valence-corrected chi connectivity index (χ4v) is 1.69. The zero-order valence-electron chi connectivity index (χ0n) is 13.2. The summed E-state index contributed by atoms with van der Waals surface area (Å²) in [6.07, 6.45) is 2.22. The minimum Gasteiger partial charge on any atom is -0.466 e. The van der Waals surface area contributed by atoms with Crippen LogP contribution in [0.4, 0.5) is 0 Å². The summed E-state index contributed by atoms with van der Waals surface area (Å²) in [6.45, 7) is 2.81. The van der Waals surface area contributed by atoms with Gasteiger partial charge in [0, 0.05) is 26.3 Å². The fourth-order valence-electron chi connectivity index (χ4n) is 1.69. The lowest BCUT2D eigenvalue weighted by Crippen LogP contribution is -2.17. The molecule has 6 heteroatoms. The standard InChI is InChI=1S/C17H20O6/c1-13(18)21-11-10-16(23-14(2)19)8-9-17(20)22-12-15-6-4-3-5-7-15/h3-9,16H,10-12H2,1-2H3/b9-8+. The summed E-state index contributed by atoms with van der Waals surface area (Å²) in [7, 11) is 0. The Morgan fingerprint density at radius 2 is 1.74 bits per heavy atom. The first-order valence-corrected chi connectivity index (χ1v) is 7.17. The van der Waals surface area contributed by atoms with Crippen LogP contribution in [0.5, 0.6) is 0 Å². The van der Waals surface area contributed by atoms with Gasteiger partial charge in [0.25, 0.3) is 0 Å². The monoisotopic (exact) mass is 320 g/mol. The van der Waals surface area contributed by atoms with E-state index in [1.807, 2.05) is 30.3 Å². The van der Waals surface area contributed by atoms with E-state index in [0.717, 1.165) is 5.56 Å². The van der Waals surface area contributed by atoms with Gasteiger partial charge >= 0.3 is 17.9 Å². The molecule has 0 saturated carbocycles. The molecule has 0 fully saturated rings. The van der Waals surface area contributed by atoms with Gasteiger partial charge in [0.15, 0.2) is 0 Å². The van der Waals surface area contributed by atoms with Crippen molar-refractivity contribution in [1.82, 2.24) is 0 Å². The Labute approximate surface area is 135 Å². The lowest BCUT2D eigenvalue weighted by Gasteiger charge is -2.12. The lowest BCUT2D eigenvalue weighted by atomic mass is 10.2. The smallest absolute Gasteiger partial charge is 0.330 e. The number of carbonyl (C=O) groups excluding carboxylic acids is 3. The second kappa shape index (κ2) is 10.2. The van der Waals surface area contributed by atoms with E-state index >= 15 is 0 Å². The molecular weight excluding hydrogens is 300 g/mol. The van der Waals surface area contributed by atoms with E-state index in [0.29, 0.717) is 0 Å². The maximum Gasteiger partial charge on any atom is 0.330 e. The summed E-state index contributed by atoms with van der Waals surface area (Å²) >= 11 is 0. The molecule has 0 radical (unpaired) electrons. The van der Waals surface area contributed by atoms with Crippen LogP contribution in [-0.2, 0) is 35.2 Å². The van der Waals surface area contributed by atoms with Crippen LogP contribution >= 0.6 is 0 Å². The van der Waals surface area contributed by atoms with Crippen LogP contribution in [0, 0.1) is 0 Å². The third-order valence-corrected chi connectivity index (χ3v) is 2.70. The van der Waals surface area contributed by atoms with Crippen LogP contribution in [0.25, 0.3) is 0 Å². The molecule has 0 saturated heterocycles. The van der Waals surface area contributed by atoms with Crippen molar-refractivity contribution in [2.75, 3.05) is 6.61 Å². The van der Waals surface area contributed by atoms with Crippen LogP contribution in [0.1, 0.15) is 25.8 Å². The predicted octanol–water partition coefficient (Wildman–Crippen LogP) is 2.17. The topological polar surface area (TPSA) is 78.9 Å². The molecular formula is C17H20O6. The molecule has 0 bridgehead atoms. The molecule has 1 aromatic rings. The molecule has 0 spiro atoms. The average Bonchev–Trinajstić information content (AvgIpc) is 2.50. The SMILES string of the molecule is CC(=O)OCCC(/C=C/C(=O)OCc1ccccc1)OC(C)=O. The van der Waals surface area contributed by atoms with E-state index < -0.39 is 24.0 Å². The van der Waals surface area contributed by atoms with Crippen LogP contribution in [0.15, 0.2) is 42.5 Å². The van der Waals surface area contributed by atoms with E-state index in [9.17, 15) is 14.4 Å². The minimum atomic E-state index is -0.656. The van der Waals surface area contributed by atoms with Gasteiger partial charge < -0.3 is 14.2 Å². The molecule has 1 unspecified atom stereocenters. The molecule has 0 N–H and O–H groups in total. The summed E-state index contributed by atoms with van der Waals surface area (Å²) in [5, 5.41) is 0. The Morgan fingerprint density at radius 1 is 1.04 bits per heavy atom. The highest BCUT2D eigenvalue weighted by atomic mass is 16.6. The Kier molecular flexibility index (Phi) is 8.13. The van der Waals surface area contributed by atoms with Crippen molar-refractivity contribution in [3.63, 3.8) is 0 Å². The third-order valence-electron chi connectivity index (χ3n) is 2.70. The number of ether oxygens (including phenoxy) is 3. The van der Waals surface area contributed by atoms with Crippen molar-refractivity contribution in [2.24, 2.45) is 0 Å². The van der Waals surface area contributed by atoms with Gasteiger partial charge in [-0.3, -0.25) is 9.59 Å². The van der Waals surface area contributed by atoms with Crippen molar-refractivity contribution in [1.29, 1.82) is 0 Å². The Hall–Kier alpha value is -2.63. The number of carbonyl (C=O) groups is 3. The van der Waals surface area contributed by atoms with Gasteiger partial charge in [-0.25, -0.2) is 4.79 Å². The molecule has 1 atom stereocenters. The van der Waals surface area contributed by atoms with Crippen LogP contribution in [0.3, 0.4) is 0 Å². The molecule has 0 aliphatic heterocycles. The minimum absolute atomic E-state index is 0.0939. The third kappa shape index (κ3) is 9.08. The molecule has 0 aliphatic carbocycles. The molecule has 1 rings (SSSR count). The second-order valence-corrected chi connectivity index (χ2v) is 4.73. The van der Waals surface area contributed by atoms with Gasteiger partial charge in [-0.2, -0.15) is 0 Å². The van der Waals surface area contributed by atoms with Crippen molar-refractivity contribution in [3.05, 3.63) is 48.0 Å². The molecule has 124 valence electrons. The highest BCUT2D eigenvalue weighted by Gasteiger charge is 2.10. The quantitative estimate of drug-likeness (QED) is 0.415. The summed E-state index contributed by atoms with van der Waals surface area (Å²) in [5.41, 5.74) is 0.876. The first-order valence-electron chi connectivity index (χ1n) is 7.17. The molecule has 0 heterocycles. The number of esters is 3. The zero-order valence-corrected chi connectivity index (χ0v) is 13.2. The molecule has 1 aromatic carbocycles. The summed E-state index contributed by atoms with van der Waals surface area (Å²) in [4.78, 5) is 33.4. The number of hydrogen-bond acceptors (Lipinski definition) is 6. The first kappa shape index (κ1) is 18.4. The van der Waals surface area contributed by atoms with E-state index in [2.05, 4.69) is 0 Å². The number of hydrogen-bond donors (Lipinski definition) is 0. The Balaban J connectivity index is 2.45. The highest BCUT2D eigenvalue weighted by molar-refractivity contribution is 5.82. The predicted molar refractivity (Wildman–Crippen MR) is 82.2 cm³/mol. The van der Waals surface area contributed by atoms with Crippen molar-refractivity contribution in [2.45, 2.75) is 33.0 Å². The normalized spacial score (nSPS) is 11.7. The van der Waals surface area contributed by atoms with E-state index in [1.54, 1.807) is 0 Å². The molecule has 0 aromatic heterocycles. The fraction of sp³-hybridized carbons (Fsp3) is 0.353. The van der Waals surface area contributed by atoms with Crippen molar-refractivity contribution >= 4 is 17.9 Å². The van der Waals surface area contributed by atoms with Crippen molar-refractivity contribution < 1.29 is 28.6 Å². The lowest BCUT2D eigenvalue weighted by molar-refractivity contribution is -0.147. The summed E-state index contributed by atoms with van der Waals surface area (Å²) in [5.74, 6) is -1.45. The Bertz CT molecular complexity index is 549. The number of rotatable bonds is 8. The van der Waals surface area contributed by atoms with Crippen LogP contribution in [-0.4, -0.2) is 30.6 Å². The van der Waals surface area contributed by atoms with E-state index in [4.69, 9.17) is 14.2 Å². The molecule has 23 heavy (non-hydrogen) atoms. The van der Waals surface area contributed by atoms with Gasteiger partial charge in [0.05, 0.1) is 6.61 Å². The first-order chi connectivity index (χ1) is 11.0. The average molecular weight is 320 g/mol. The summed E-state index contributed by atoms with van der Waals surface area (Å²) in [6, 6.07) is 9.27. The highest BCUT2D eigenvalue weighted by Crippen LogP contribution is 2.04. The molecule has 0 aliphatic rings. The largest absolute Gasteiger partial charge is 0.466 e. The second-order valence-electron chi connectivity index (χ2n) is 4.73. The number of benzene rings is 1. The maximum atomic E-state index is 11.7. The van der Waals surface area contributed by atoms with Crippen LogP contribution < -0.4 is 0 Å². The van der Waals surface area contributed by atoms with Gasteiger partial charge in [-0.05, 0) is 11.6 Å². The maximum absolute atomic E-state index is 11.7. The summed E-state index contributed by atoms with van der Waals surface area (Å²) < 4.78 is 14.9. The van der Waals surface area contributed by atoms with Crippen molar-refractivity contribution in [3.8, 4) is 0 Å². The van der Waals surface area contributed by atoms with Gasteiger partial charge in [-0.1, -0.05) is 30.3 Å².